The molecule has 0 saturated carbocycles. The number of fused-ring (bicyclic) bond motifs is 23. The van der Waals surface area contributed by atoms with E-state index in [1.54, 1.807) is 0 Å². The molecule has 444 valence electrons. The minimum Gasteiger partial charge on any atom is -0.457 e. The molecule has 96 heavy (non-hydrogen) atoms. The molecule has 6 aromatic heterocycles. The van der Waals surface area contributed by atoms with Crippen molar-refractivity contribution in [1.82, 2.24) is 28.2 Å². The second-order valence-electron chi connectivity index (χ2n) is 25.1. The summed E-state index contributed by atoms with van der Waals surface area (Å²) in [5, 5.41) is 18.9. The predicted octanol–water partition coefficient (Wildman–Crippen LogP) is 21.7. The summed E-state index contributed by atoms with van der Waals surface area (Å²) in [7, 11) is 0. The fourth-order valence-electron chi connectivity index (χ4n) is 16.4. The summed E-state index contributed by atoms with van der Waals surface area (Å²) in [6.07, 6.45) is 3.96. The van der Waals surface area contributed by atoms with Gasteiger partial charge in [0.1, 0.15) is 11.5 Å². The van der Waals surface area contributed by atoms with Crippen molar-refractivity contribution in [3.05, 3.63) is 325 Å². The number of nitriles is 1. The van der Waals surface area contributed by atoms with Crippen molar-refractivity contribution in [3.63, 3.8) is 0 Å². The van der Waals surface area contributed by atoms with E-state index in [1.165, 1.54) is 20.6 Å². The third-order valence-corrected chi connectivity index (χ3v) is 21.4. The normalized spacial score (nSPS) is 14.3. The highest BCUT2D eigenvalue weighted by atomic mass is 32.2. The number of hydrogen-bond donors (Lipinski definition) is 0. The maximum Gasteiger partial charge on any atom is 0.188 e. The molecule has 21 rings (SSSR count). The van der Waals surface area contributed by atoms with E-state index in [9.17, 15) is 5.26 Å². The zero-order chi connectivity index (χ0) is 63.1. The van der Waals surface area contributed by atoms with Crippen LogP contribution in [-0.2, 0) is 5.41 Å². The van der Waals surface area contributed by atoms with Crippen LogP contribution >= 0.6 is 11.8 Å². The van der Waals surface area contributed by atoms with Crippen LogP contribution in [0.4, 0.5) is 22.7 Å². The molecule has 1 atom stereocenters. The van der Waals surface area contributed by atoms with Gasteiger partial charge in [-0.2, -0.15) is 5.26 Å². The van der Waals surface area contributed by atoms with Crippen LogP contribution in [-0.4, -0.2) is 28.2 Å². The number of para-hydroxylation sites is 7. The molecule has 18 aromatic rings. The van der Waals surface area contributed by atoms with Gasteiger partial charge in [-0.3, -0.25) is 9.97 Å². The Morgan fingerprint density at radius 1 is 0.365 bits per heavy atom. The van der Waals surface area contributed by atoms with Crippen molar-refractivity contribution in [2.75, 3.05) is 4.90 Å². The fourth-order valence-corrected chi connectivity index (χ4v) is 17.4. The van der Waals surface area contributed by atoms with Crippen molar-refractivity contribution < 1.29 is 4.74 Å². The zero-order valence-electron chi connectivity index (χ0n) is 51.0. The first-order valence-electron chi connectivity index (χ1n) is 32.0. The molecule has 10 nitrogen and oxygen atoms in total. The Bertz CT molecular complexity index is 6330. The molecular formula is C85H47N9OS. The van der Waals surface area contributed by atoms with Crippen LogP contribution < -0.4 is 9.64 Å². The van der Waals surface area contributed by atoms with Gasteiger partial charge < -0.3 is 27.9 Å². The maximum absolute atomic E-state index is 10.2. The number of anilines is 3. The molecule has 0 fully saturated rings. The van der Waals surface area contributed by atoms with Gasteiger partial charge in [-0.05, 0) is 133 Å². The monoisotopic (exact) mass is 1240 g/mol. The number of ether oxygens (including phenoxy) is 1. The Kier molecular flexibility index (Phi) is 10.7. The van der Waals surface area contributed by atoms with E-state index in [2.05, 4.69) is 283 Å². The summed E-state index contributed by atoms with van der Waals surface area (Å²) in [6, 6.07) is 99.7. The lowest BCUT2D eigenvalue weighted by Gasteiger charge is -2.39. The second-order valence-corrected chi connectivity index (χ2v) is 26.1. The minimum absolute atomic E-state index is 0.581. The maximum atomic E-state index is 10.2. The second kappa shape index (κ2) is 19.6. The molecule has 0 N–H and O–H groups in total. The smallest absolute Gasteiger partial charge is 0.188 e. The highest BCUT2D eigenvalue weighted by molar-refractivity contribution is 7.99. The van der Waals surface area contributed by atoms with E-state index >= 15 is 0 Å². The third kappa shape index (κ3) is 7.07. The molecule has 1 aliphatic carbocycles. The summed E-state index contributed by atoms with van der Waals surface area (Å²) in [5.41, 5.74) is 20.7. The van der Waals surface area contributed by atoms with Crippen LogP contribution in [0.25, 0.3) is 126 Å². The Morgan fingerprint density at radius 2 is 0.760 bits per heavy atom. The number of nitrogens with zero attached hydrogens (tertiary/aromatic N) is 9. The molecule has 11 heteroatoms. The van der Waals surface area contributed by atoms with E-state index in [-0.39, 0.29) is 0 Å². The first kappa shape index (κ1) is 52.7. The van der Waals surface area contributed by atoms with Gasteiger partial charge in [-0.25, -0.2) is 4.85 Å². The summed E-state index contributed by atoms with van der Waals surface area (Å²) in [5.74, 6) is 1.39. The number of pyridine rings is 2. The molecule has 0 bridgehead atoms. The lowest BCUT2D eigenvalue weighted by atomic mass is 9.66. The Balaban J connectivity index is 0.848. The molecule has 3 aliphatic rings. The zero-order valence-corrected chi connectivity index (χ0v) is 51.8. The fraction of sp³-hybridized carbons (Fsp3) is 0.0118. The molecule has 1 spiro atoms. The third-order valence-electron chi connectivity index (χ3n) is 20.3. The van der Waals surface area contributed by atoms with Gasteiger partial charge in [-0.15, -0.1) is 0 Å². The summed E-state index contributed by atoms with van der Waals surface area (Å²) in [6.45, 7) is 8.04. The predicted molar refractivity (Wildman–Crippen MR) is 387 cm³/mol. The average Bonchev–Trinajstić information content (AvgIpc) is 1.46. The minimum atomic E-state index is -1.10. The molecule has 0 saturated heterocycles. The number of aromatic nitrogens is 6. The van der Waals surface area contributed by atoms with Crippen LogP contribution in [0.5, 0.6) is 11.5 Å². The number of benzene rings is 12. The molecule has 0 amide bonds. The molecule has 12 aromatic carbocycles. The van der Waals surface area contributed by atoms with Crippen LogP contribution in [0.1, 0.15) is 27.8 Å². The van der Waals surface area contributed by atoms with Crippen LogP contribution in [0, 0.1) is 17.9 Å². The molecular weight excluding hydrogens is 1200 g/mol. The van der Waals surface area contributed by atoms with E-state index in [4.69, 9.17) is 21.3 Å². The summed E-state index contributed by atoms with van der Waals surface area (Å²) < 4.78 is 17.1. The topological polar surface area (TPSA) is 86.1 Å². The molecule has 8 heterocycles. The first-order chi connectivity index (χ1) is 47.5. The standard InChI is InChI=1S/C85H47N9OS/c1-87-51-31-38-75-63(41-51)60-19-5-11-25-73(60)94(75)56-44-68-84(89-49-56)83-67(43-55(48-88-83)93-72-24-10-4-18-59(72)62-40-50(47-86)30-37-74(62)93)85(68)65-35-32-53(90-69-21-7-2-16-57(69)58-17-3-8-22-70(58)90)45-79(65)95-80-46-54(33-36-66(80)85)91-71-23-9-6-20-61(71)64-42-52(34-39-76(64)91)92-77-26-12-14-28-81(77)96-82-29-15-13-27-78(82)92/h2-46,48-49H. The lowest BCUT2D eigenvalue weighted by Crippen LogP contribution is -2.32. The van der Waals surface area contributed by atoms with Crippen molar-refractivity contribution in [3.8, 4) is 51.7 Å². The van der Waals surface area contributed by atoms with Gasteiger partial charge in [0.05, 0.1) is 114 Å². The van der Waals surface area contributed by atoms with Crippen LogP contribution in [0.15, 0.2) is 295 Å². The average molecular weight is 1240 g/mol. The molecule has 0 radical (unpaired) electrons. The van der Waals surface area contributed by atoms with Crippen molar-refractivity contribution in [1.29, 1.82) is 5.26 Å². The van der Waals surface area contributed by atoms with Crippen LogP contribution in [0.2, 0.25) is 0 Å². The van der Waals surface area contributed by atoms with E-state index in [0.29, 0.717) is 22.7 Å². The van der Waals surface area contributed by atoms with Gasteiger partial charge in [0.15, 0.2) is 5.69 Å². The van der Waals surface area contributed by atoms with Gasteiger partial charge in [0.25, 0.3) is 0 Å². The van der Waals surface area contributed by atoms with Gasteiger partial charge in [0.2, 0.25) is 0 Å². The highest BCUT2D eigenvalue weighted by Crippen LogP contribution is 2.63. The largest absolute Gasteiger partial charge is 0.457 e. The Labute approximate surface area is 553 Å². The number of hydrogen-bond acceptors (Lipinski definition) is 6. The molecule has 1 unspecified atom stereocenters. The summed E-state index contributed by atoms with van der Waals surface area (Å²) >= 11 is 1.81. The van der Waals surface area contributed by atoms with E-state index in [0.717, 1.165) is 150 Å². The Morgan fingerprint density at radius 3 is 1.25 bits per heavy atom. The first-order valence-corrected chi connectivity index (χ1v) is 32.8. The van der Waals surface area contributed by atoms with Gasteiger partial charge in [0, 0.05) is 98.9 Å². The van der Waals surface area contributed by atoms with Gasteiger partial charge in [-0.1, -0.05) is 145 Å². The summed E-state index contributed by atoms with van der Waals surface area (Å²) in [4.78, 5) is 19.9. The SMILES string of the molecule is [C-]#[N+]c1ccc2c(c1)c1ccccc1n2-c1cnc2c(c1)C1(c3ccc(-n4c5ccccc5c5ccccc54)cc3Oc3cc(-n4c5ccccc5c5cc(N6c7ccccc7Sc7ccccc76)ccc54)ccc31)c1cc(-n3c4ccccc4c4cc(C#N)ccc43)cnc1-2. The van der Waals surface area contributed by atoms with Crippen LogP contribution in [0.3, 0.4) is 0 Å². The highest BCUT2D eigenvalue weighted by Gasteiger charge is 2.53. The van der Waals surface area contributed by atoms with Crippen molar-refractivity contribution >= 4 is 122 Å². The molecule has 2 aliphatic heterocycles. The lowest BCUT2D eigenvalue weighted by molar-refractivity contribution is 0.436. The quantitative estimate of drug-likeness (QED) is 0.160. The van der Waals surface area contributed by atoms with E-state index in [1.807, 2.05) is 48.4 Å². The van der Waals surface area contributed by atoms with Crippen molar-refractivity contribution in [2.24, 2.45) is 0 Å². The Hall–Kier alpha value is -12.9. The van der Waals surface area contributed by atoms with Gasteiger partial charge >= 0.3 is 0 Å². The van der Waals surface area contributed by atoms with E-state index < -0.39 is 5.41 Å². The number of rotatable bonds is 5. The van der Waals surface area contributed by atoms with Crippen molar-refractivity contribution in [2.45, 2.75) is 15.2 Å².